The van der Waals surface area contributed by atoms with Crippen molar-refractivity contribution >= 4 is 11.5 Å². The third kappa shape index (κ3) is 2.94. The van der Waals surface area contributed by atoms with Crippen molar-refractivity contribution in [2.75, 3.05) is 0 Å². The number of nitro groups is 1. The molecule has 0 spiro atoms. The molecule has 0 unspecified atom stereocenters. The van der Waals surface area contributed by atoms with Gasteiger partial charge in [-0.15, -0.1) is 0 Å². The molecule has 0 amide bonds. The van der Waals surface area contributed by atoms with Gasteiger partial charge in [-0.3, -0.25) is 14.9 Å². The summed E-state index contributed by atoms with van der Waals surface area (Å²) in [5.74, 6) is -2.73. The van der Waals surface area contributed by atoms with Crippen LogP contribution in [0.4, 0.5) is 14.5 Å². The molecule has 0 aromatic heterocycles. The van der Waals surface area contributed by atoms with Gasteiger partial charge in [0.2, 0.25) is 0 Å². The molecule has 0 radical (unpaired) electrons. The molecule has 0 atom stereocenters. The van der Waals surface area contributed by atoms with E-state index in [1.165, 1.54) is 37.3 Å². The lowest BCUT2D eigenvalue weighted by atomic mass is 9.99. The Balaban J connectivity index is 2.40. The zero-order valence-corrected chi connectivity index (χ0v) is 11.1. The lowest BCUT2D eigenvalue weighted by molar-refractivity contribution is -0.385. The molecule has 0 N–H and O–H groups in total. The number of para-hydroxylation sites is 1. The number of ketones is 1. The highest BCUT2D eigenvalue weighted by molar-refractivity contribution is 5.98. The highest BCUT2D eigenvalue weighted by Crippen LogP contribution is 2.22. The summed E-state index contributed by atoms with van der Waals surface area (Å²) >= 11 is 0. The standard InChI is InChI=1S/C15H11F2NO3/c1-9-6-7-11(16)14(15(9)17)13(19)8-10-4-2-3-5-12(10)18(20)21/h2-7H,8H2,1H3. The van der Waals surface area contributed by atoms with Gasteiger partial charge in [0.05, 0.1) is 10.5 Å². The Hall–Kier alpha value is -2.63. The van der Waals surface area contributed by atoms with Crippen LogP contribution in [0.25, 0.3) is 0 Å². The average molecular weight is 291 g/mol. The summed E-state index contributed by atoms with van der Waals surface area (Å²) in [6, 6.07) is 7.85. The monoisotopic (exact) mass is 291 g/mol. The van der Waals surface area contributed by atoms with Crippen LogP contribution in [-0.2, 0) is 6.42 Å². The minimum Gasteiger partial charge on any atom is -0.294 e. The molecule has 21 heavy (non-hydrogen) atoms. The van der Waals surface area contributed by atoms with Gasteiger partial charge >= 0.3 is 0 Å². The van der Waals surface area contributed by atoms with Crippen molar-refractivity contribution in [3.8, 4) is 0 Å². The topological polar surface area (TPSA) is 60.2 Å². The highest BCUT2D eigenvalue weighted by Gasteiger charge is 2.22. The number of hydrogen-bond acceptors (Lipinski definition) is 3. The van der Waals surface area contributed by atoms with Gasteiger partial charge in [0.15, 0.2) is 5.78 Å². The van der Waals surface area contributed by atoms with Crippen LogP contribution >= 0.6 is 0 Å². The van der Waals surface area contributed by atoms with Crippen molar-refractivity contribution in [3.63, 3.8) is 0 Å². The minimum absolute atomic E-state index is 0.118. The number of carbonyl (C=O) groups is 1. The lowest BCUT2D eigenvalue weighted by Gasteiger charge is -2.07. The first-order valence-electron chi connectivity index (χ1n) is 6.12. The molecule has 108 valence electrons. The molecule has 2 aromatic rings. The second kappa shape index (κ2) is 5.78. The number of benzene rings is 2. The molecule has 0 saturated heterocycles. The van der Waals surface area contributed by atoms with Crippen molar-refractivity contribution in [1.82, 2.24) is 0 Å². The maximum absolute atomic E-state index is 13.9. The van der Waals surface area contributed by atoms with E-state index in [0.717, 1.165) is 6.07 Å². The Morgan fingerprint density at radius 1 is 1.19 bits per heavy atom. The van der Waals surface area contributed by atoms with Gasteiger partial charge in [0.1, 0.15) is 11.6 Å². The lowest BCUT2D eigenvalue weighted by Crippen LogP contribution is -2.11. The third-order valence-corrected chi connectivity index (χ3v) is 3.10. The molecule has 0 fully saturated rings. The molecule has 2 aromatic carbocycles. The number of nitrogens with zero attached hydrogens (tertiary/aromatic N) is 1. The van der Waals surface area contributed by atoms with E-state index >= 15 is 0 Å². The van der Waals surface area contributed by atoms with Gasteiger partial charge in [-0.25, -0.2) is 8.78 Å². The Morgan fingerprint density at radius 3 is 2.52 bits per heavy atom. The predicted octanol–water partition coefficient (Wildman–Crippen LogP) is 3.61. The van der Waals surface area contributed by atoms with Crippen molar-refractivity contribution in [1.29, 1.82) is 0 Å². The van der Waals surface area contributed by atoms with Crippen molar-refractivity contribution in [2.24, 2.45) is 0 Å². The summed E-state index contributed by atoms with van der Waals surface area (Å²) in [6.45, 7) is 1.41. The zero-order chi connectivity index (χ0) is 15.6. The van der Waals surface area contributed by atoms with E-state index in [0.29, 0.717) is 0 Å². The second-order valence-corrected chi connectivity index (χ2v) is 4.54. The number of rotatable bonds is 4. The highest BCUT2D eigenvalue weighted by atomic mass is 19.1. The Kier molecular flexibility index (Phi) is 4.07. The molecule has 0 aliphatic carbocycles. The van der Waals surface area contributed by atoms with E-state index in [-0.39, 0.29) is 16.8 Å². The van der Waals surface area contributed by atoms with Crippen LogP contribution in [0.2, 0.25) is 0 Å². The second-order valence-electron chi connectivity index (χ2n) is 4.54. The molecule has 6 heteroatoms. The van der Waals surface area contributed by atoms with Gasteiger partial charge in [-0.2, -0.15) is 0 Å². The molecule has 2 rings (SSSR count). The first-order valence-corrected chi connectivity index (χ1v) is 6.12. The Labute approximate surface area is 119 Å². The van der Waals surface area contributed by atoms with Crippen molar-refractivity contribution in [2.45, 2.75) is 13.3 Å². The minimum atomic E-state index is -0.971. The summed E-state index contributed by atoms with van der Waals surface area (Å²) in [5.41, 5.74) is -0.650. The van der Waals surface area contributed by atoms with Crippen LogP contribution in [-0.4, -0.2) is 10.7 Å². The quantitative estimate of drug-likeness (QED) is 0.491. The van der Waals surface area contributed by atoms with Crippen molar-refractivity contribution < 1.29 is 18.5 Å². The zero-order valence-electron chi connectivity index (χ0n) is 11.1. The summed E-state index contributed by atoms with van der Waals surface area (Å²) in [7, 11) is 0. The summed E-state index contributed by atoms with van der Waals surface area (Å²) in [5, 5.41) is 10.9. The SMILES string of the molecule is Cc1ccc(F)c(C(=O)Cc2ccccc2[N+](=O)[O-])c1F. The van der Waals surface area contributed by atoms with Gasteiger partial charge in [-0.1, -0.05) is 24.3 Å². The van der Waals surface area contributed by atoms with Crippen LogP contribution in [0.3, 0.4) is 0 Å². The molecule has 0 heterocycles. The van der Waals surface area contributed by atoms with E-state index in [4.69, 9.17) is 0 Å². The summed E-state index contributed by atoms with van der Waals surface area (Å²) in [4.78, 5) is 22.3. The number of aryl methyl sites for hydroxylation is 1. The first kappa shape index (κ1) is 14.8. The van der Waals surface area contributed by atoms with E-state index in [1.807, 2.05) is 0 Å². The number of halogens is 2. The van der Waals surface area contributed by atoms with E-state index < -0.39 is 34.3 Å². The normalized spacial score (nSPS) is 10.4. The Morgan fingerprint density at radius 2 is 1.86 bits per heavy atom. The molecule has 0 aliphatic heterocycles. The number of Topliss-reactive ketones (excluding diaryl/α,β-unsaturated/α-hetero) is 1. The van der Waals surface area contributed by atoms with Gasteiger partial charge in [0.25, 0.3) is 5.69 Å². The largest absolute Gasteiger partial charge is 0.294 e. The molecule has 0 bridgehead atoms. The van der Waals surface area contributed by atoms with Crippen LogP contribution < -0.4 is 0 Å². The number of hydrogen-bond donors (Lipinski definition) is 0. The average Bonchev–Trinajstić information content (AvgIpc) is 2.43. The van der Waals surface area contributed by atoms with Crippen LogP contribution in [0, 0.1) is 28.7 Å². The van der Waals surface area contributed by atoms with Crippen LogP contribution in [0.15, 0.2) is 36.4 Å². The first-order chi connectivity index (χ1) is 9.91. The smallest absolute Gasteiger partial charge is 0.273 e. The van der Waals surface area contributed by atoms with Gasteiger partial charge in [0, 0.05) is 18.1 Å². The van der Waals surface area contributed by atoms with E-state index in [1.54, 1.807) is 0 Å². The fourth-order valence-electron chi connectivity index (χ4n) is 2.01. The fraction of sp³-hybridized carbons (Fsp3) is 0.133. The molecular weight excluding hydrogens is 280 g/mol. The van der Waals surface area contributed by atoms with Gasteiger partial charge in [-0.05, 0) is 18.6 Å². The van der Waals surface area contributed by atoms with Crippen LogP contribution in [0.1, 0.15) is 21.5 Å². The molecule has 4 nitrogen and oxygen atoms in total. The molecular formula is C15H11F2NO3. The van der Waals surface area contributed by atoms with E-state index in [2.05, 4.69) is 0 Å². The predicted molar refractivity (Wildman–Crippen MR) is 72.2 cm³/mol. The van der Waals surface area contributed by atoms with Gasteiger partial charge < -0.3 is 0 Å². The van der Waals surface area contributed by atoms with E-state index in [9.17, 15) is 23.7 Å². The summed E-state index contributed by atoms with van der Waals surface area (Å²) < 4.78 is 27.5. The number of carbonyl (C=O) groups excluding carboxylic acids is 1. The van der Waals surface area contributed by atoms with Crippen LogP contribution in [0.5, 0.6) is 0 Å². The molecule has 0 saturated carbocycles. The molecule has 0 aliphatic rings. The Bertz CT molecular complexity index is 729. The summed E-state index contributed by atoms with van der Waals surface area (Å²) in [6.07, 6.45) is -0.436. The van der Waals surface area contributed by atoms with Crippen molar-refractivity contribution in [3.05, 3.63) is 74.8 Å². The maximum Gasteiger partial charge on any atom is 0.273 e. The third-order valence-electron chi connectivity index (χ3n) is 3.10. The maximum atomic E-state index is 13.9. The fourth-order valence-corrected chi connectivity index (χ4v) is 2.01. The number of nitro benzene ring substituents is 1.